The molecule has 1 atom stereocenters. The summed E-state index contributed by atoms with van der Waals surface area (Å²) in [5, 5.41) is 2.71. The van der Waals surface area contributed by atoms with E-state index in [9.17, 15) is 4.57 Å². The second-order valence-corrected chi connectivity index (χ2v) is 6.49. The Kier molecular flexibility index (Phi) is 4.63. The van der Waals surface area contributed by atoms with Crippen LogP contribution in [-0.4, -0.2) is 27.7 Å². The summed E-state index contributed by atoms with van der Waals surface area (Å²) in [5.41, 5.74) is 1.73. The van der Waals surface area contributed by atoms with Crippen molar-refractivity contribution >= 4 is 13.4 Å². The average Bonchev–Trinajstić information content (AvgIpc) is 2.46. The zero-order valence-corrected chi connectivity index (χ0v) is 12.6. The molecule has 1 unspecified atom stereocenters. The summed E-state index contributed by atoms with van der Waals surface area (Å²) in [4.78, 5) is 22.3. The normalized spacial score (nSPS) is 12.8. The summed E-state index contributed by atoms with van der Waals surface area (Å²) in [6.07, 6.45) is 1.58. The highest BCUT2D eigenvalue weighted by Crippen LogP contribution is 2.41. The fourth-order valence-electron chi connectivity index (χ4n) is 1.86. The lowest BCUT2D eigenvalue weighted by Gasteiger charge is -2.16. The molecule has 1 heterocycles. The first kappa shape index (κ1) is 15.5. The van der Waals surface area contributed by atoms with Crippen LogP contribution in [0.5, 0.6) is 5.75 Å². The lowest BCUT2D eigenvalue weighted by atomic mass is 10.1. The highest BCUT2D eigenvalue weighted by Gasteiger charge is 2.23. The molecule has 1 aromatic heterocycles. The topological polar surface area (TPSA) is 91.7 Å². The first-order valence-electron chi connectivity index (χ1n) is 6.33. The quantitative estimate of drug-likeness (QED) is 0.736. The van der Waals surface area contributed by atoms with E-state index in [4.69, 9.17) is 14.5 Å². The molecule has 7 heteroatoms. The first-order valence-corrected chi connectivity index (χ1v) is 8.01. The van der Waals surface area contributed by atoms with Crippen molar-refractivity contribution in [3.8, 4) is 16.9 Å². The molecule has 112 valence electrons. The molecule has 0 aliphatic rings. The third-order valence-electron chi connectivity index (χ3n) is 3.04. The fraction of sp³-hybridized carbons (Fsp3) is 0.214. The molecule has 21 heavy (non-hydrogen) atoms. The number of pyridine rings is 1. The first-order chi connectivity index (χ1) is 9.91. The van der Waals surface area contributed by atoms with Crippen LogP contribution in [0.25, 0.3) is 11.1 Å². The van der Waals surface area contributed by atoms with Crippen molar-refractivity contribution in [2.75, 3.05) is 12.4 Å². The SMILES string of the molecule is COc1ccccc1-c1ccnc(NC(C)P(=O)(O)O)c1. The van der Waals surface area contributed by atoms with Gasteiger partial charge in [-0.2, -0.15) is 0 Å². The summed E-state index contributed by atoms with van der Waals surface area (Å²) in [5.74, 6) is 0.116. The minimum atomic E-state index is -4.20. The lowest BCUT2D eigenvalue weighted by molar-refractivity contribution is 0.364. The maximum absolute atomic E-state index is 11.2. The second-order valence-electron chi connectivity index (χ2n) is 4.54. The number of nitrogens with zero attached hydrogens (tertiary/aromatic N) is 1. The molecular weight excluding hydrogens is 291 g/mol. The number of hydrogen-bond donors (Lipinski definition) is 3. The molecule has 2 aromatic rings. The summed E-state index contributed by atoms with van der Waals surface area (Å²) < 4.78 is 16.5. The van der Waals surface area contributed by atoms with Gasteiger partial charge in [0, 0.05) is 11.8 Å². The highest BCUT2D eigenvalue weighted by molar-refractivity contribution is 7.52. The molecule has 0 radical (unpaired) electrons. The van der Waals surface area contributed by atoms with Gasteiger partial charge in [0.15, 0.2) is 0 Å². The predicted octanol–water partition coefficient (Wildman–Crippen LogP) is 2.69. The van der Waals surface area contributed by atoms with Crippen LogP contribution in [0.15, 0.2) is 42.6 Å². The zero-order chi connectivity index (χ0) is 15.5. The monoisotopic (exact) mass is 308 g/mol. The van der Waals surface area contributed by atoms with Crippen LogP contribution in [0.3, 0.4) is 0 Å². The van der Waals surface area contributed by atoms with E-state index in [0.717, 1.165) is 16.9 Å². The number of methoxy groups -OCH3 is 1. The fourth-order valence-corrected chi connectivity index (χ4v) is 2.16. The molecule has 0 saturated heterocycles. The lowest BCUT2D eigenvalue weighted by Crippen LogP contribution is -2.16. The van der Waals surface area contributed by atoms with E-state index < -0.39 is 13.4 Å². The standard InChI is InChI=1S/C14H17N2O4P/c1-10(21(17,18)19)16-14-9-11(7-8-15-14)12-5-3-4-6-13(12)20-2/h3-10H,1-2H3,(H,15,16)(H2,17,18,19). The molecular formula is C14H17N2O4P. The largest absolute Gasteiger partial charge is 0.496 e. The van der Waals surface area contributed by atoms with Crippen molar-refractivity contribution < 1.29 is 19.1 Å². The van der Waals surface area contributed by atoms with Crippen LogP contribution in [0, 0.1) is 0 Å². The van der Waals surface area contributed by atoms with Crippen LogP contribution in [-0.2, 0) is 4.57 Å². The molecule has 0 spiro atoms. The van der Waals surface area contributed by atoms with Crippen molar-refractivity contribution in [3.63, 3.8) is 0 Å². The Morgan fingerprint density at radius 2 is 2.00 bits per heavy atom. The van der Waals surface area contributed by atoms with Crippen molar-refractivity contribution in [1.29, 1.82) is 0 Å². The van der Waals surface area contributed by atoms with Crippen LogP contribution < -0.4 is 10.1 Å². The Morgan fingerprint density at radius 3 is 2.67 bits per heavy atom. The molecule has 1 aromatic carbocycles. The van der Waals surface area contributed by atoms with Gasteiger partial charge in [0.05, 0.1) is 7.11 Å². The molecule has 0 fully saturated rings. The van der Waals surface area contributed by atoms with Crippen molar-refractivity contribution in [3.05, 3.63) is 42.6 Å². The second kappa shape index (κ2) is 6.26. The van der Waals surface area contributed by atoms with Gasteiger partial charge < -0.3 is 19.8 Å². The maximum Gasteiger partial charge on any atom is 0.347 e. The Bertz CT molecular complexity index is 672. The third kappa shape index (κ3) is 3.82. The van der Waals surface area contributed by atoms with E-state index >= 15 is 0 Å². The molecule has 0 aliphatic heterocycles. The molecule has 0 amide bonds. The van der Waals surface area contributed by atoms with Gasteiger partial charge in [0.1, 0.15) is 17.4 Å². The van der Waals surface area contributed by atoms with Crippen LogP contribution >= 0.6 is 7.60 Å². The van der Waals surface area contributed by atoms with E-state index in [1.165, 1.54) is 6.92 Å². The molecule has 0 saturated carbocycles. The summed E-state index contributed by atoms with van der Waals surface area (Å²) in [7, 11) is -2.61. The Labute approximate surface area is 123 Å². The number of benzene rings is 1. The number of aromatic nitrogens is 1. The van der Waals surface area contributed by atoms with Crippen molar-refractivity contribution in [1.82, 2.24) is 4.98 Å². The maximum atomic E-state index is 11.2. The average molecular weight is 308 g/mol. The number of hydrogen-bond acceptors (Lipinski definition) is 4. The van der Waals surface area contributed by atoms with Gasteiger partial charge in [0.25, 0.3) is 0 Å². The van der Waals surface area contributed by atoms with Gasteiger partial charge in [-0.15, -0.1) is 0 Å². The van der Waals surface area contributed by atoms with Crippen LogP contribution in [0.2, 0.25) is 0 Å². The van der Waals surface area contributed by atoms with Gasteiger partial charge in [-0.25, -0.2) is 4.98 Å². The summed E-state index contributed by atoms with van der Waals surface area (Å²) >= 11 is 0. The number of rotatable bonds is 5. The van der Waals surface area contributed by atoms with Crippen molar-refractivity contribution in [2.24, 2.45) is 0 Å². The van der Waals surface area contributed by atoms with Gasteiger partial charge in [-0.05, 0) is 30.7 Å². The summed E-state index contributed by atoms with van der Waals surface area (Å²) in [6.45, 7) is 1.41. The number of ether oxygens (including phenoxy) is 1. The Hall–Kier alpha value is -1.88. The van der Waals surface area contributed by atoms with E-state index in [1.54, 1.807) is 19.4 Å². The van der Waals surface area contributed by atoms with Gasteiger partial charge >= 0.3 is 7.60 Å². The van der Waals surface area contributed by atoms with Gasteiger partial charge in [-0.1, -0.05) is 18.2 Å². The molecule has 0 bridgehead atoms. The van der Waals surface area contributed by atoms with E-state index in [1.807, 2.05) is 30.3 Å². The minimum absolute atomic E-state index is 0.397. The number of para-hydroxylation sites is 1. The predicted molar refractivity (Wildman–Crippen MR) is 81.4 cm³/mol. The van der Waals surface area contributed by atoms with Crippen molar-refractivity contribution in [2.45, 2.75) is 12.7 Å². The van der Waals surface area contributed by atoms with Crippen LogP contribution in [0.1, 0.15) is 6.92 Å². The number of anilines is 1. The Morgan fingerprint density at radius 1 is 1.29 bits per heavy atom. The smallest absolute Gasteiger partial charge is 0.347 e. The molecule has 0 aliphatic carbocycles. The van der Waals surface area contributed by atoms with E-state index in [2.05, 4.69) is 10.3 Å². The van der Waals surface area contributed by atoms with E-state index in [0.29, 0.717) is 5.82 Å². The molecule has 3 N–H and O–H groups in total. The van der Waals surface area contributed by atoms with Gasteiger partial charge in [0.2, 0.25) is 0 Å². The highest BCUT2D eigenvalue weighted by atomic mass is 31.2. The molecule has 2 rings (SSSR count). The number of nitrogens with one attached hydrogen (secondary N) is 1. The third-order valence-corrected chi connectivity index (χ3v) is 4.18. The minimum Gasteiger partial charge on any atom is -0.496 e. The Balaban J connectivity index is 2.32. The van der Waals surface area contributed by atoms with E-state index in [-0.39, 0.29) is 0 Å². The van der Waals surface area contributed by atoms with Gasteiger partial charge in [-0.3, -0.25) is 4.57 Å². The summed E-state index contributed by atoms with van der Waals surface area (Å²) in [6, 6.07) is 11.1. The zero-order valence-electron chi connectivity index (χ0n) is 11.7. The molecule has 6 nitrogen and oxygen atoms in total. The van der Waals surface area contributed by atoms with Crippen LogP contribution in [0.4, 0.5) is 5.82 Å².